The number of ether oxygens (including phenoxy) is 1. The molecule has 0 saturated carbocycles. The third-order valence-corrected chi connectivity index (χ3v) is 3.97. The molecule has 0 bridgehead atoms. The third-order valence-electron chi connectivity index (χ3n) is 3.97. The highest BCUT2D eigenvalue weighted by Crippen LogP contribution is 2.15. The maximum Gasteiger partial charge on any atom is 0.349 e. The van der Waals surface area contributed by atoms with E-state index in [0.29, 0.717) is 17.8 Å². The fraction of sp³-hybridized carbons (Fsp3) is 0.158. The number of aromatic nitrogens is 3. The van der Waals surface area contributed by atoms with Crippen LogP contribution in [0.15, 0.2) is 70.4 Å². The molecule has 138 valence electrons. The van der Waals surface area contributed by atoms with Crippen LogP contribution in [-0.2, 0) is 4.74 Å². The van der Waals surface area contributed by atoms with Gasteiger partial charge in [0.1, 0.15) is 6.20 Å². The van der Waals surface area contributed by atoms with Gasteiger partial charge in [-0.3, -0.25) is 14.6 Å². The predicted octanol–water partition coefficient (Wildman–Crippen LogP) is 1.04. The largest absolute Gasteiger partial charge is 0.375 e. The number of nitrogens with one attached hydrogen (secondary N) is 2. The van der Waals surface area contributed by atoms with Crippen LogP contribution >= 0.6 is 0 Å². The van der Waals surface area contributed by atoms with E-state index in [1.54, 1.807) is 25.3 Å². The summed E-state index contributed by atoms with van der Waals surface area (Å²) in [5.41, 5.74) is 0.420. The van der Waals surface area contributed by atoms with Crippen LogP contribution in [-0.4, -0.2) is 34.3 Å². The van der Waals surface area contributed by atoms with Crippen LogP contribution in [0.5, 0.6) is 0 Å². The Morgan fingerprint density at radius 1 is 1.19 bits per heavy atom. The van der Waals surface area contributed by atoms with Crippen molar-refractivity contribution in [3.63, 3.8) is 0 Å². The molecule has 1 amide bonds. The maximum absolute atomic E-state index is 12.5. The number of H-pyrrole nitrogens is 1. The normalized spacial score (nSPS) is 11.7. The van der Waals surface area contributed by atoms with Crippen molar-refractivity contribution >= 4 is 5.91 Å². The number of benzene rings is 2. The number of hydrogen-bond acceptors (Lipinski definition) is 5. The van der Waals surface area contributed by atoms with Gasteiger partial charge in [0.05, 0.1) is 11.8 Å². The third kappa shape index (κ3) is 4.36. The Morgan fingerprint density at radius 2 is 1.96 bits per heavy atom. The van der Waals surface area contributed by atoms with E-state index < -0.39 is 11.2 Å². The molecule has 0 aliphatic heterocycles. The number of hydrogen-bond donors (Lipinski definition) is 2. The van der Waals surface area contributed by atoms with Gasteiger partial charge in [0, 0.05) is 19.2 Å². The van der Waals surface area contributed by atoms with Crippen molar-refractivity contribution in [3.8, 4) is 5.69 Å². The zero-order valence-corrected chi connectivity index (χ0v) is 14.6. The summed E-state index contributed by atoms with van der Waals surface area (Å²) in [5.74, 6) is -0.313. The highest BCUT2D eigenvalue weighted by Gasteiger charge is 2.13. The second-order valence-electron chi connectivity index (χ2n) is 5.75. The summed E-state index contributed by atoms with van der Waals surface area (Å²) < 4.78 is 6.45. The first kappa shape index (κ1) is 18.3. The number of methoxy groups -OCH3 is 1. The molecule has 3 aromatic rings. The molecule has 0 radical (unpaired) electrons. The van der Waals surface area contributed by atoms with Crippen molar-refractivity contribution < 1.29 is 9.53 Å². The van der Waals surface area contributed by atoms with Gasteiger partial charge in [-0.2, -0.15) is 9.78 Å². The van der Waals surface area contributed by atoms with E-state index in [2.05, 4.69) is 15.4 Å². The van der Waals surface area contributed by atoms with Gasteiger partial charge in [0.25, 0.3) is 11.5 Å². The first-order valence-corrected chi connectivity index (χ1v) is 8.23. The lowest BCUT2D eigenvalue weighted by molar-refractivity contribution is 0.0828. The highest BCUT2D eigenvalue weighted by molar-refractivity contribution is 5.94. The molecule has 1 aromatic heterocycles. The van der Waals surface area contributed by atoms with Crippen LogP contribution in [0.2, 0.25) is 0 Å². The van der Waals surface area contributed by atoms with Crippen molar-refractivity contribution in [2.75, 3.05) is 13.7 Å². The van der Waals surface area contributed by atoms with E-state index in [1.165, 1.54) is 6.07 Å². The number of aromatic amines is 1. The standard InChI is InChI=1S/C19H18N4O4/c1-27-16(13-6-3-2-4-7-13)11-20-18(25)14-8-5-9-15(10-14)23-19(26)22-17(24)12-21-23/h2-10,12,16H,11H2,1H3,(H,20,25)(H,22,24,26). The quantitative estimate of drug-likeness (QED) is 0.678. The molecular weight excluding hydrogens is 348 g/mol. The topological polar surface area (TPSA) is 106 Å². The molecule has 8 heteroatoms. The number of nitrogens with zero attached hydrogens (tertiary/aromatic N) is 2. The molecule has 0 aliphatic carbocycles. The Morgan fingerprint density at radius 3 is 2.67 bits per heavy atom. The number of amides is 1. The van der Waals surface area contributed by atoms with E-state index in [9.17, 15) is 14.4 Å². The zero-order chi connectivity index (χ0) is 19.2. The Labute approximate surface area is 154 Å². The zero-order valence-electron chi connectivity index (χ0n) is 14.6. The Kier molecular flexibility index (Phi) is 5.58. The number of rotatable bonds is 6. The van der Waals surface area contributed by atoms with Gasteiger partial charge in [-0.1, -0.05) is 36.4 Å². The lowest BCUT2D eigenvalue weighted by atomic mass is 10.1. The maximum atomic E-state index is 12.5. The van der Waals surface area contributed by atoms with Crippen LogP contribution in [0.4, 0.5) is 0 Å². The summed E-state index contributed by atoms with van der Waals surface area (Å²) in [6.07, 6.45) is 0.721. The summed E-state index contributed by atoms with van der Waals surface area (Å²) in [4.78, 5) is 37.6. The van der Waals surface area contributed by atoms with Crippen molar-refractivity contribution in [2.45, 2.75) is 6.10 Å². The molecule has 27 heavy (non-hydrogen) atoms. The number of carbonyl (C=O) groups is 1. The van der Waals surface area contributed by atoms with E-state index in [1.807, 2.05) is 30.3 Å². The summed E-state index contributed by atoms with van der Waals surface area (Å²) in [6, 6.07) is 16.0. The average molecular weight is 366 g/mol. The van der Waals surface area contributed by atoms with Crippen LogP contribution in [0, 0.1) is 0 Å². The van der Waals surface area contributed by atoms with E-state index in [-0.39, 0.29) is 12.0 Å². The SMILES string of the molecule is COC(CNC(=O)c1cccc(-n2ncc(=O)[nH]c2=O)c1)c1ccccc1. The molecule has 0 aliphatic rings. The minimum atomic E-state index is -0.677. The molecule has 1 heterocycles. The van der Waals surface area contributed by atoms with Gasteiger partial charge in [-0.05, 0) is 23.8 Å². The molecular formula is C19H18N4O4. The molecule has 1 unspecified atom stereocenters. The van der Waals surface area contributed by atoms with E-state index in [0.717, 1.165) is 16.4 Å². The molecule has 0 fully saturated rings. The lowest BCUT2D eigenvalue weighted by Crippen LogP contribution is -2.31. The summed E-state index contributed by atoms with van der Waals surface area (Å²) >= 11 is 0. The first-order chi connectivity index (χ1) is 13.1. The van der Waals surface area contributed by atoms with Crippen molar-refractivity contribution in [1.29, 1.82) is 0 Å². The van der Waals surface area contributed by atoms with Crippen molar-refractivity contribution in [1.82, 2.24) is 20.1 Å². The van der Waals surface area contributed by atoms with Gasteiger partial charge in [-0.25, -0.2) is 4.79 Å². The minimum Gasteiger partial charge on any atom is -0.375 e. The van der Waals surface area contributed by atoms with Gasteiger partial charge in [0.2, 0.25) is 0 Å². The lowest BCUT2D eigenvalue weighted by Gasteiger charge is -2.16. The molecule has 0 spiro atoms. The summed E-state index contributed by atoms with van der Waals surface area (Å²) in [7, 11) is 1.58. The smallest absolute Gasteiger partial charge is 0.349 e. The molecule has 2 N–H and O–H groups in total. The van der Waals surface area contributed by atoms with Crippen LogP contribution in [0.25, 0.3) is 5.69 Å². The highest BCUT2D eigenvalue weighted by atomic mass is 16.5. The van der Waals surface area contributed by atoms with Gasteiger partial charge in [-0.15, -0.1) is 0 Å². The molecule has 2 aromatic carbocycles. The van der Waals surface area contributed by atoms with Gasteiger partial charge < -0.3 is 10.1 Å². The molecule has 1 atom stereocenters. The monoisotopic (exact) mass is 366 g/mol. The fourth-order valence-electron chi connectivity index (χ4n) is 2.61. The predicted molar refractivity (Wildman–Crippen MR) is 99.0 cm³/mol. The second kappa shape index (κ2) is 8.24. The summed E-state index contributed by atoms with van der Waals surface area (Å²) in [5, 5.41) is 6.61. The van der Waals surface area contributed by atoms with Crippen LogP contribution in [0.1, 0.15) is 22.0 Å². The Bertz CT molecular complexity index is 1040. The Balaban J connectivity index is 1.75. The first-order valence-electron chi connectivity index (χ1n) is 8.23. The van der Waals surface area contributed by atoms with E-state index >= 15 is 0 Å². The van der Waals surface area contributed by atoms with Crippen LogP contribution in [0.3, 0.4) is 0 Å². The summed E-state index contributed by atoms with van der Waals surface area (Å²) in [6.45, 7) is 0.292. The molecule has 3 rings (SSSR count). The minimum absolute atomic E-state index is 0.276. The average Bonchev–Trinajstić information content (AvgIpc) is 2.69. The van der Waals surface area contributed by atoms with E-state index in [4.69, 9.17) is 4.74 Å². The van der Waals surface area contributed by atoms with Gasteiger partial charge in [0.15, 0.2) is 0 Å². The van der Waals surface area contributed by atoms with Crippen molar-refractivity contribution in [2.24, 2.45) is 0 Å². The van der Waals surface area contributed by atoms with Crippen molar-refractivity contribution in [3.05, 3.63) is 92.8 Å². The molecule has 0 saturated heterocycles. The molecule has 8 nitrogen and oxygen atoms in total. The second-order valence-corrected chi connectivity index (χ2v) is 5.75. The Hall–Kier alpha value is -3.52. The van der Waals surface area contributed by atoms with Crippen LogP contribution < -0.4 is 16.6 Å². The number of carbonyl (C=O) groups excluding carboxylic acids is 1. The van der Waals surface area contributed by atoms with Gasteiger partial charge >= 0.3 is 5.69 Å². The fourth-order valence-corrected chi connectivity index (χ4v) is 2.61.